The van der Waals surface area contributed by atoms with E-state index in [0.717, 1.165) is 39.1 Å². The van der Waals surface area contributed by atoms with Crippen molar-refractivity contribution in [1.82, 2.24) is 14.5 Å². The van der Waals surface area contributed by atoms with Crippen LogP contribution in [0.15, 0.2) is 53.6 Å². The minimum atomic E-state index is -3.70. The summed E-state index contributed by atoms with van der Waals surface area (Å²) in [6.07, 6.45) is 1.75. The number of primary sulfonamides is 1. The van der Waals surface area contributed by atoms with E-state index in [9.17, 15) is 8.42 Å². The Hall–Kier alpha value is -2.97. The second-order valence-corrected chi connectivity index (χ2v) is 7.87. The number of fused-ring (bicyclic) bond motifs is 3. The summed E-state index contributed by atoms with van der Waals surface area (Å²) < 4.78 is 30.2. The molecule has 0 amide bonds. The Bertz CT molecular complexity index is 1260. The highest BCUT2D eigenvalue weighted by atomic mass is 32.2. The first kappa shape index (κ1) is 17.4. The van der Waals surface area contributed by atoms with Gasteiger partial charge in [0.15, 0.2) is 0 Å². The number of ether oxygens (including phenoxy) is 1. The monoisotopic (exact) mass is 382 g/mol. The summed E-state index contributed by atoms with van der Waals surface area (Å²) in [6, 6.07) is 12.3. The van der Waals surface area contributed by atoms with Crippen molar-refractivity contribution in [3.8, 4) is 5.75 Å². The minimum Gasteiger partial charge on any atom is -0.497 e. The summed E-state index contributed by atoms with van der Waals surface area (Å²) in [5.74, 6) is 1.60. The van der Waals surface area contributed by atoms with Gasteiger partial charge in [0.1, 0.15) is 17.1 Å². The number of pyridine rings is 1. The maximum absolute atomic E-state index is 11.4. The molecule has 0 spiro atoms. The lowest BCUT2D eigenvalue weighted by atomic mass is 10.1. The van der Waals surface area contributed by atoms with Crippen LogP contribution in [0.2, 0.25) is 0 Å². The van der Waals surface area contributed by atoms with E-state index in [0.29, 0.717) is 6.54 Å². The lowest BCUT2D eigenvalue weighted by Crippen LogP contribution is -2.12. The highest BCUT2D eigenvalue weighted by molar-refractivity contribution is 7.89. The first-order valence-corrected chi connectivity index (χ1v) is 9.83. The number of methoxy groups -OCH3 is 1. The lowest BCUT2D eigenvalue weighted by molar-refractivity contribution is 0.415. The van der Waals surface area contributed by atoms with Crippen LogP contribution in [0.1, 0.15) is 11.4 Å². The second-order valence-electron chi connectivity index (χ2n) is 6.31. The first-order chi connectivity index (χ1) is 12.9. The summed E-state index contributed by atoms with van der Waals surface area (Å²) in [7, 11) is -2.07. The Morgan fingerprint density at radius 3 is 2.52 bits per heavy atom. The Kier molecular flexibility index (Phi) is 4.09. The van der Waals surface area contributed by atoms with Gasteiger partial charge < -0.3 is 9.30 Å². The summed E-state index contributed by atoms with van der Waals surface area (Å²) in [4.78, 5) is 9.19. The summed E-state index contributed by atoms with van der Waals surface area (Å²) in [5.41, 5.74) is 3.57. The molecule has 4 rings (SSSR count). The predicted molar refractivity (Wildman–Crippen MR) is 103 cm³/mol. The van der Waals surface area contributed by atoms with Crippen LogP contribution in [-0.2, 0) is 16.6 Å². The average Bonchev–Trinajstić information content (AvgIpc) is 2.96. The molecule has 27 heavy (non-hydrogen) atoms. The Labute approximate surface area is 156 Å². The van der Waals surface area contributed by atoms with Gasteiger partial charge in [-0.1, -0.05) is 12.1 Å². The molecule has 2 heterocycles. The molecule has 0 aliphatic carbocycles. The minimum absolute atomic E-state index is 0.0974. The van der Waals surface area contributed by atoms with Crippen molar-refractivity contribution < 1.29 is 13.2 Å². The van der Waals surface area contributed by atoms with E-state index in [1.165, 1.54) is 12.1 Å². The van der Waals surface area contributed by atoms with Gasteiger partial charge in [0.2, 0.25) is 10.0 Å². The molecule has 138 valence electrons. The van der Waals surface area contributed by atoms with Crippen molar-refractivity contribution in [2.75, 3.05) is 7.11 Å². The number of rotatable bonds is 4. The molecule has 0 saturated heterocycles. The highest BCUT2D eigenvalue weighted by Gasteiger charge is 2.13. The molecule has 0 aliphatic rings. The van der Waals surface area contributed by atoms with Gasteiger partial charge in [-0.05, 0) is 36.8 Å². The maximum Gasteiger partial charge on any atom is 0.238 e. The topological polar surface area (TPSA) is 100 Å². The quantitative estimate of drug-likeness (QED) is 0.585. The number of hydrogen-bond acceptors (Lipinski definition) is 5. The number of hydrogen-bond donors (Lipinski definition) is 1. The molecule has 7 nitrogen and oxygen atoms in total. The molecular formula is C19H18N4O3S. The van der Waals surface area contributed by atoms with Crippen molar-refractivity contribution >= 4 is 32.0 Å². The fourth-order valence-electron chi connectivity index (χ4n) is 3.20. The van der Waals surface area contributed by atoms with Gasteiger partial charge in [0, 0.05) is 18.0 Å². The van der Waals surface area contributed by atoms with Gasteiger partial charge in [0.25, 0.3) is 0 Å². The van der Waals surface area contributed by atoms with Crippen LogP contribution in [0.25, 0.3) is 21.9 Å². The molecule has 0 unspecified atom stereocenters. The summed E-state index contributed by atoms with van der Waals surface area (Å²) >= 11 is 0. The van der Waals surface area contributed by atoms with E-state index < -0.39 is 10.0 Å². The smallest absolute Gasteiger partial charge is 0.238 e. The molecule has 0 bridgehead atoms. The van der Waals surface area contributed by atoms with Crippen LogP contribution >= 0.6 is 0 Å². The molecule has 0 fully saturated rings. The summed E-state index contributed by atoms with van der Waals surface area (Å²) in [6.45, 7) is 2.49. The third-order valence-electron chi connectivity index (χ3n) is 4.56. The van der Waals surface area contributed by atoms with Crippen LogP contribution in [0.3, 0.4) is 0 Å². The van der Waals surface area contributed by atoms with Gasteiger partial charge in [-0.15, -0.1) is 0 Å². The van der Waals surface area contributed by atoms with E-state index in [1.807, 2.05) is 25.1 Å². The van der Waals surface area contributed by atoms with Crippen molar-refractivity contribution in [3.05, 3.63) is 60.0 Å². The largest absolute Gasteiger partial charge is 0.497 e. The molecule has 0 aliphatic heterocycles. The van der Waals surface area contributed by atoms with Crippen LogP contribution in [0.5, 0.6) is 5.75 Å². The van der Waals surface area contributed by atoms with Crippen LogP contribution in [-0.4, -0.2) is 30.1 Å². The molecule has 2 aromatic heterocycles. The zero-order chi connectivity index (χ0) is 19.2. The Morgan fingerprint density at radius 1 is 1.11 bits per heavy atom. The third-order valence-corrected chi connectivity index (χ3v) is 5.49. The lowest BCUT2D eigenvalue weighted by Gasteiger charge is -2.10. The van der Waals surface area contributed by atoms with Gasteiger partial charge in [-0.25, -0.2) is 18.5 Å². The van der Waals surface area contributed by atoms with E-state index >= 15 is 0 Å². The van der Waals surface area contributed by atoms with Crippen molar-refractivity contribution in [1.29, 1.82) is 0 Å². The van der Waals surface area contributed by atoms with E-state index in [1.54, 1.807) is 25.4 Å². The van der Waals surface area contributed by atoms with E-state index in [-0.39, 0.29) is 4.90 Å². The van der Waals surface area contributed by atoms with Crippen molar-refractivity contribution in [2.45, 2.75) is 18.4 Å². The molecule has 2 N–H and O–H groups in total. The van der Waals surface area contributed by atoms with Gasteiger partial charge >= 0.3 is 0 Å². The van der Waals surface area contributed by atoms with Crippen molar-refractivity contribution in [3.63, 3.8) is 0 Å². The fraction of sp³-hybridized carbons (Fsp3) is 0.158. The van der Waals surface area contributed by atoms with Crippen molar-refractivity contribution in [2.24, 2.45) is 5.14 Å². The SMILES string of the molecule is COc1ccc2c(c1)ncc1nc(C)n(Cc3ccc(S(N)(=O)=O)cc3)c12. The molecule has 8 heteroatoms. The molecule has 2 aromatic carbocycles. The third kappa shape index (κ3) is 3.13. The van der Waals surface area contributed by atoms with Gasteiger partial charge in [-0.2, -0.15) is 0 Å². The number of nitrogens with two attached hydrogens (primary N) is 1. The number of benzene rings is 2. The number of aryl methyl sites for hydroxylation is 1. The average molecular weight is 382 g/mol. The second kappa shape index (κ2) is 6.33. The normalized spacial score (nSPS) is 12.0. The molecule has 4 aromatic rings. The fourth-order valence-corrected chi connectivity index (χ4v) is 3.71. The zero-order valence-corrected chi connectivity index (χ0v) is 15.7. The number of aromatic nitrogens is 3. The van der Waals surface area contributed by atoms with Gasteiger partial charge in [0.05, 0.1) is 29.2 Å². The number of sulfonamides is 1. The molecule has 0 radical (unpaired) electrons. The Morgan fingerprint density at radius 2 is 1.85 bits per heavy atom. The standard InChI is InChI=1S/C19H18N4O3S/c1-12-22-18-10-21-17-9-14(26-2)5-8-16(17)19(18)23(12)11-13-3-6-15(7-4-13)27(20,24)25/h3-10H,11H2,1-2H3,(H2,20,24,25). The Balaban J connectivity index is 1.83. The number of imidazole rings is 1. The molecule has 0 atom stereocenters. The highest BCUT2D eigenvalue weighted by Crippen LogP contribution is 2.28. The number of nitrogens with zero attached hydrogens (tertiary/aromatic N) is 3. The van der Waals surface area contributed by atoms with Crippen LogP contribution in [0, 0.1) is 6.92 Å². The molecule has 0 saturated carbocycles. The zero-order valence-electron chi connectivity index (χ0n) is 14.9. The first-order valence-electron chi connectivity index (χ1n) is 8.28. The van der Waals surface area contributed by atoms with E-state index in [2.05, 4.69) is 14.5 Å². The molecular weight excluding hydrogens is 364 g/mol. The van der Waals surface area contributed by atoms with Crippen LogP contribution in [0.4, 0.5) is 0 Å². The maximum atomic E-state index is 11.4. The van der Waals surface area contributed by atoms with Gasteiger partial charge in [-0.3, -0.25) is 4.98 Å². The summed E-state index contributed by atoms with van der Waals surface area (Å²) in [5, 5.41) is 6.15. The van der Waals surface area contributed by atoms with Crippen LogP contribution < -0.4 is 9.88 Å². The predicted octanol–water partition coefficient (Wildman–Crippen LogP) is 2.60. The van der Waals surface area contributed by atoms with E-state index in [4.69, 9.17) is 9.88 Å².